The highest BCUT2D eigenvalue weighted by Gasteiger charge is 2.12. The van der Waals surface area contributed by atoms with Crippen molar-refractivity contribution in [3.8, 4) is 5.75 Å². The lowest BCUT2D eigenvalue weighted by Gasteiger charge is -2.10. The number of rotatable bonds is 4. The highest BCUT2D eigenvalue weighted by Crippen LogP contribution is 2.25. The molecule has 0 radical (unpaired) electrons. The number of benzene rings is 1. The molecule has 0 fully saturated rings. The van der Waals surface area contributed by atoms with Crippen LogP contribution in [-0.4, -0.2) is 14.2 Å². The van der Waals surface area contributed by atoms with Crippen LogP contribution in [0.4, 0.5) is 4.39 Å². The number of ether oxygens (including phenoxy) is 2. The van der Waals surface area contributed by atoms with Gasteiger partial charge in [-0.05, 0) is 0 Å². The van der Waals surface area contributed by atoms with Crippen molar-refractivity contribution in [2.24, 2.45) is 5.73 Å². The van der Waals surface area contributed by atoms with Gasteiger partial charge in [-0.2, -0.15) is 0 Å². The van der Waals surface area contributed by atoms with Gasteiger partial charge in [0.05, 0.1) is 13.7 Å². The molecule has 3 nitrogen and oxygen atoms in total. The molecule has 78 valence electrons. The maximum Gasteiger partial charge on any atom is 0.170 e. The van der Waals surface area contributed by atoms with E-state index in [9.17, 15) is 4.39 Å². The fourth-order valence-electron chi connectivity index (χ4n) is 1.29. The summed E-state index contributed by atoms with van der Waals surface area (Å²) in [5.41, 5.74) is 6.57. The molecule has 0 unspecified atom stereocenters. The normalized spacial score (nSPS) is 10.3. The summed E-state index contributed by atoms with van der Waals surface area (Å²) in [6.07, 6.45) is 0. The van der Waals surface area contributed by atoms with Crippen LogP contribution in [0.25, 0.3) is 0 Å². The molecule has 0 saturated heterocycles. The first-order valence-electron chi connectivity index (χ1n) is 4.27. The van der Waals surface area contributed by atoms with E-state index in [1.54, 1.807) is 12.1 Å². The van der Waals surface area contributed by atoms with Crippen molar-refractivity contribution in [1.29, 1.82) is 0 Å². The molecule has 0 bridgehead atoms. The Morgan fingerprint density at radius 1 is 1.29 bits per heavy atom. The summed E-state index contributed by atoms with van der Waals surface area (Å²) in [4.78, 5) is 0. The molecule has 0 aliphatic carbocycles. The SMILES string of the molecule is COCc1ccc(CN)c(OC)c1F. The van der Waals surface area contributed by atoms with Gasteiger partial charge in [-0.25, -0.2) is 4.39 Å². The van der Waals surface area contributed by atoms with Gasteiger partial charge in [0.25, 0.3) is 0 Å². The Bertz CT molecular complexity index is 315. The molecule has 1 aromatic carbocycles. The molecular weight excluding hydrogens is 185 g/mol. The molecule has 0 atom stereocenters. The van der Waals surface area contributed by atoms with E-state index in [0.29, 0.717) is 11.1 Å². The third-order valence-electron chi connectivity index (χ3n) is 1.98. The minimum atomic E-state index is -0.391. The van der Waals surface area contributed by atoms with Crippen LogP contribution in [0, 0.1) is 5.82 Å². The third kappa shape index (κ3) is 2.02. The molecule has 0 aliphatic heterocycles. The Labute approximate surface area is 82.6 Å². The molecule has 0 spiro atoms. The summed E-state index contributed by atoms with van der Waals surface area (Å²) in [6.45, 7) is 0.487. The van der Waals surface area contributed by atoms with Crippen molar-refractivity contribution < 1.29 is 13.9 Å². The third-order valence-corrected chi connectivity index (χ3v) is 1.98. The summed E-state index contributed by atoms with van der Waals surface area (Å²) < 4.78 is 23.4. The molecular formula is C10H14FNO2. The second kappa shape index (κ2) is 4.93. The van der Waals surface area contributed by atoms with Crippen molar-refractivity contribution >= 4 is 0 Å². The largest absolute Gasteiger partial charge is 0.493 e. The lowest BCUT2D eigenvalue weighted by Crippen LogP contribution is -2.04. The summed E-state index contributed by atoms with van der Waals surface area (Å²) >= 11 is 0. The standard InChI is InChI=1S/C10H14FNO2/c1-13-6-8-4-3-7(5-12)10(14-2)9(8)11/h3-4H,5-6,12H2,1-2H3. The van der Waals surface area contributed by atoms with Crippen LogP contribution in [0.2, 0.25) is 0 Å². The van der Waals surface area contributed by atoms with E-state index in [0.717, 1.165) is 0 Å². The van der Waals surface area contributed by atoms with E-state index in [1.165, 1.54) is 14.2 Å². The molecule has 1 aromatic rings. The number of halogens is 1. The topological polar surface area (TPSA) is 44.5 Å². The number of nitrogens with two attached hydrogens (primary N) is 1. The number of hydrogen-bond donors (Lipinski definition) is 1. The van der Waals surface area contributed by atoms with E-state index >= 15 is 0 Å². The first kappa shape index (κ1) is 10.9. The van der Waals surface area contributed by atoms with Gasteiger partial charge in [0.15, 0.2) is 11.6 Å². The first-order chi connectivity index (χ1) is 6.74. The molecule has 0 aromatic heterocycles. The van der Waals surface area contributed by atoms with Crippen molar-refractivity contribution in [3.05, 3.63) is 29.1 Å². The van der Waals surface area contributed by atoms with Crippen LogP contribution in [0.1, 0.15) is 11.1 Å². The molecule has 0 amide bonds. The van der Waals surface area contributed by atoms with Crippen molar-refractivity contribution in [3.63, 3.8) is 0 Å². The van der Waals surface area contributed by atoms with Crippen LogP contribution in [-0.2, 0) is 17.9 Å². The quantitative estimate of drug-likeness (QED) is 0.798. The minimum Gasteiger partial charge on any atom is -0.493 e. The van der Waals surface area contributed by atoms with Crippen molar-refractivity contribution in [2.75, 3.05) is 14.2 Å². The van der Waals surface area contributed by atoms with Crippen LogP contribution < -0.4 is 10.5 Å². The van der Waals surface area contributed by atoms with Gasteiger partial charge in [0, 0.05) is 24.8 Å². The zero-order chi connectivity index (χ0) is 10.6. The summed E-state index contributed by atoms with van der Waals surface area (Å²) in [6, 6.07) is 3.40. The maximum absolute atomic E-state index is 13.6. The van der Waals surface area contributed by atoms with Gasteiger partial charge in [0.2, 0.25) is 0 Å². The van der Waals surface area contributed by atoms with E-state index in [1.807, 2.05) is 0 Å². The summed E-state index contributed by atoms with van der Waals surface area (Å²) in [7, 11) is 2.94. The van der Waals surface area contributed by atoms with Gasteiger partial charge < -0.3 is 15.2 Å². The van der Waals surface area contributed by atoms with E-state index in [2.05, 4.69) is 0 Å². The Balaban J connectivity index is 3.13. The van der Waals surface area contributed by atoms with Crippen LogP contribution in [0.15, 0.2) is 12.1 Å². The monoisotopic (exact) mass is 199 g/mol. The van der Waals surface area contributed by atoms with Gasteiger partial charge in [0.1, 0.15) is 0 Å². The number of hydrogen-bond acceptors (Lipinski definition) is 3. The van der Waals surface area contributed by atoms with Crippen molar-refractivity contribution in [2.45, 2.75) is 13.2 Å². The highest BCUT2D eigenvalue weighted by atomic mass is 19.1. The van der Waals surface area contributed by atoms with Gasteiger partial charge in [-0.15, -0.1) is 0 Å². The lowest BCUT2D eigenvalue weighted by atomic mass is 10.1. The fourth-order valence-corrected chi connectivity index (χ4v) is 1.29. The van der Waals surface area contributed by atoms with Gasteiger partial charge >= 0.3 is 0 Å². The maximum atomic E-state index is 13.6. The average Bonchev–Trinajstić information content (AvgIpc) is 2.21. The van der Waals surface area contributed by atoms with Crippen LogP contribution >= 0.6 is 0 Å². The Kier molecular flexibility index (Phi) is 3.85. The first-order valence-corrected chi connectivity index (χ1v) is 4.27. The Hall–Kier alpha value is -1.13. The van der Waals surface area contributed by atoms with Crippen molar-refractivity contribution in [1.82, 2.24) is 0 Å². The van der Waals surface area contributed by atoms with Gasteiger partial charge in [-0.1, -0.05) is 12.1 Å². The summed E-state index contributed by atoms with van der Waals surface area (Å²) in [5, 5.41) is 0. The lowest BCUT2D eigenvalue weighted by molar-refractivity contribution is 0.180. The molecule has 0 heterocycles. The zero-order valence-corrected chi connectivity index (χ0v) is 8.34. The molecule has 14 heavy (non-hydrogen) atoms. The number of methoxy groups -OCH3 is 2. The molecule has 0 aliphatic rings. The van der Waals surface area contributed by atoms with E-state index in [-0.39, 0.29) is 18.9 Å². The average molecular weight is 199 g/mol. The van der Waals surface area contributed by atoms with E-state index in [4.69, 9.17) is 15.2 Å². The molecule has 1 rings (SSSR count). The molecule has 4 heteroatoms. The van der Waals surface area contributed by atoms with Gasteiger partial charge in [-0.3, -0.25) is 0 Å². The van der Waals surface area contributed by atoms with E-state index < -0.39 is 5.82 Å². The van der Waals surface area contributed by atoms with Crippen LogP contribution in [0.5, 0.6) is 5.75 Å². The van der Waals surface area contributed by atoms with Crippen LogP contribution in [0.3, 0.4) is 0 Å². The minimum absolute atomic E-state index is 0.210. The predicted molar refractivity (Wildman–Crippen MR) is 51.6 cm³/mol. The Morgan fingerprint density at radius 3 is 2.43 bits per heavy atom. The second-order valence-electron chi connectivity index (χ2n) is 2.87. The second-order valence-corrected chi connectivity index (χ2v) is 2.87. The molecule has 0 saturated carbocycles. The zero-order valence-electron chi connectivity index (χ0n) is 8.34. The fraction of sp³-hybridized carbons (Fsp3) is 0.400. The predicted octanol–water partition coefficient (Wildman–Crippen LogP) is 1.44. The smallest absolute Gasteiger partial charge is 0.170 e. The highest BCUT2D eigenvalue weighted by molar-refractivity contribution is 5.39. The molecule has 2 N–H and O–H groups in total. The summed E-state index contributed by atoms with van der Waals surface area (Å²) in [5.74, 6) is -0.181. The Morgan fingerprint density at radius 2 is 1.93 bits per heavy atom.